The minimum absolute atomic E-state index is 0.0924. The van der Waals surface area contributed by atoms with Gasteiger partial charge in [-0.3, -0.25) is 14.6 Å². The van der Waals surface area contributed by atoms with Crippen LogP contribution in [0, 0.1) is 5.41 Å². The van der Waals surface area contributed by atoms with Gasteiger partial charge in [0.25, 0.3) is 11.8 Å². The van der Waals surface area contributed by atoms with E-state index in [9.17, 15) is 9.59 Å². The lowest BCUT2D eigenvalue weighted by molar-refractivity contribution is 0.0321. The van der Waals surface area contributed by atoms with Gasteiger partial charge in [-0.05, 0) is 55.2 Å². The molecule has 2 aliphatic rings. The number of amides is 2. The number of aryl methyl sites for hydroxylation is 1. The predicted molar refractivity (Wildman–Crippen MR) is 137 cm³/mol. The topological polar surface area (TPSA) is 101 Å². The molecule has 1 fully saturated rings. The van der Waals surface area contributed by atoms with Crippen LogP contribution < -0.4 is 4.74 Å². The first kappa shape index (κ1) is 24.8. The van der Waals surface area contributed by atoms with Gasteiger partial charge in [0.2, 0.25) is 5.82 Å². The number of para-hydroxylation sites is 1. The maximum atomic E-state index is 13.5. The zero-order valence-corrected chi connectivity index (χ0v) is 21.0. The number of aromatic nitrogens is 4. The molecule has 0 saturated carbocycles. The van der Waals surface area contributed by atoms with Crippen molar-refractivity contribution < 1.29 is 14.3 Å². The number of hydrogen-bond donors (Lipinski definition) is 0. The Balaban J connectivity index is 1.36. The third kappa shape index (κ3) is 5.93. The van der Waals surface area contributed by atoms with Crippen molar-refractivity contribution in [3.8, 4) is 5.75 Å². The summed E-state index contributed by atoms with van der Waals surface area (Å²) < 4.78 is 6.15. The van der Waals surface area contributed by atoms with Gasteiger partial charge in [0, 0.05) is 44.4 Å². The largest absolute Gasteiger partial charge is 0.491 e. The van der Waals surface area contributed by atoms with Crippen molar-refractivity contribution in [2.24, 2.45) is 5.41 Å². The van der Waals surface area contributed by atoms with Crippen LogP contribution in [-0.2, 0) is 6.42 Å². The maximum absolute atomic E-state index is 13.5. The molecule has 0 unspecified atom stereocenters. The van der Waals surface area contributed by atoms with Crippen LogP contribution in [0.4, 0.5) is 0 Å². The first-order valence-corrected chi connectivity index (χ1v) is 13.0. The molecular weight excluding hydrogens is 468 g/mol. The summed E-state index contributed by atoms with van der Waals surface area (Å²) in [6.07, 6.45) is 13.5. The average Bonchev–Trinajstić information content (AvgIpc) is 2.95. The molecule has 0 atom stereocenters. The van der Waals surface area contributed by atoms with Crippen LogP contribution in [0.5, 0.6) is 5.75 Å². The molecule has 0 radical (unpaired) electrons. The highest BCUT2D eigenvalue weighted by atomic mass is 16.5. The third-order valence-electron chi connectivity index (χ3n) is 7.46. The number of rotatable bonds is 2. The maximum Gasteiger partial charge on any atom is 0.291 e. The monoisotopic (exact) mass is 500 g/mol. The number of nitrogens with zero attached hydrogens (tertiary/aromatic N) is 6. The minimum Gasteiger partial charge on any atom is -0.491 e. The summed E-state index contributed by atoms with van der Waals surface area (Å²) in [4.78, 5) is 46.8. The van der Waals surface area contributed by atoms with Gasteiger partial charge in [-0.25, -0.2) is 15.0 Å². The normalized spacial score (nSPS) is 18.2. The Labute approximate surface area is 216 Å². The van der Waals surface area contributed by atoms with Crippen molar-refractivity contribution in [3.63, 3.8) is 0 Å². The SMILES string of the molecule is O=C(c1cnccn1)N1CCOc2ccccc2CCCCC2(CCN(C(=O)c3ncccn3)CC2)C1. The average molecular weight is 501 g/mol. The number of likely N-dealkylation sites (tertiary alicyclic amines) is 1. The number of carbonyl (C=O) groups excluding carboxylic acids is 2. The van der Waals surface area contributed by atoms with Crippen LogP contribution in [0.1, 0.15) is 58.8 Å². The van der Waals surface area contributed by atoms with Gasteiger partial charge >= 0.3 is 0 Å². The number of benzene rings is 1. The fraction of sp³-hybridized carbons (Fsp3) is 0.429. The highest BCUT2D eigenvalue weighted by Crippen LogP contribution is 2.39. The molecule has 37 heavy (non-hydrogen) atoms. The second-order valence-electron chi connectivity index (χ2n) is 9.85. The zero-order chi connectivity index (χ0) is 25.5. The van der Waals surface area contributed by atoms with E-state index in [1.54, 1.807) is 30.9 Å². The smallest absolute Gasteiger partial charge is 0.291 e. The summed E-state index contributed by atoms with van der Waals surface area (Å²) in [5.74, 6) is 0.839. The second kappa shape index (κ2) is 11.5. The van der Waals surface area contributed by atoms with Crippen LogP contribution in [0.3, 0.4) is 0 Å². The van der Waals surface area contributed by atoms with Crippen molar-refractivity contribution in [1.29, 1.82) is 0 Å². The van der Waals surface area contributed by atoms with Gasteiger partial charge in [-0.15, -0.1) is 0 Å². The fourth-order valence-corrected chi connectivity index (χ4v) is 5.38. The molecule has 0 bridgehead atoms. The molecule has 2 aliphatic heterocycles. The number of fused-ring (bicyclic) bond motifs is 1. The Bertz CT molecular complexity index is 1200. The Kier molecular flexibility index (Phi) is 7.67. The molecule has 192 valence electrons. The van der Waals surface area contributed by atoms with E-state index in [-0.39, 0.29) is 23.1 Å². The molecule has 2 aromatic heterocycles. The standard InChI is InChI=1S/C28H32N6O3/c35-26(23-20-29-14-15-30-23)34-18-19-37-24-8-2-1-6-22(24)7-3-4-9-28(21-34)10-16-33(17-11-28)27(36)25-31-12-5-13-32-25/h1-2,5-6,8,12-15,20H,3-4,7,9-11,16-19,21H2. The zero-order valence-electron chi connectivity index (χ0n) is 21.0. The van der Waals surface area contributed by atoms with Crippen molar-refractivity contribution in [2.75, 3.05) is 32.8 Å². The summed E-state index contributed by atoms with van der Waals surface area (Å²) in [6, 6.07) is 9.85. The lowest BCUT2D eigenvalue weighted by atomic mass is 9.73. The van der Waals surface area contributed by atoms with Gasteiger partial charge in [0.15, 0.2) is 0 Å². The van der Waals surface area contributed by atoms with Crippen molar-refractivity contribution >= 4 is 11.8 Å². The van der Waals surface area contributed by atoms with E-state index in [1.165, 1.54) is 11.8 Å². The Hall–Kier alpha value is -3.88. The van der Waals surface area contributed by atoms with E-state index >= 15 is 0 Å². The number of carbonyl (C=O) groups is 2. The molecule has 9 nitrogen and oxygen atoms in total. The van der Waals surface area contributed by atoms with Gasteiger partial charge < -0.3 is 14.5 Å². The van der Waals surface area contributed by atoms with E-state index < -0.39 is 0 Å². The first-order valence-electron chi connectivity index (χ1n) is 13.0. The second-order valence-corrected chi connectivity index (χ2v) is 9.85. The summed E-state index contributed by atoms with van der Waals surface area (Å²) in [5, 5.41) is 0. The van der Waals surface area contributed by atoms with Crippen molar-refractivity contribution in [2.45, 2.75) is 38.5 Å². The highest BCUT2D eigenvalue weighted by molar-refractivity contribution is 5.92. The van der Waals surface area contributed by atoms with Crippen LogP contribution in [0.25, 0.3) is 0 Å². The van der Waals surface area contributed by atoms with E-state index in [1.807, 2.05) is 28.0 Å². The lowest BCUT2D eigenvalue weighted by Gasteiger charge is -2.44. The molecule has 5 rings (SSSR count). The van der Waals surface area contributed by atoms with Gasteiger partial charge in [0.05, 0.1) is 12.7 Å². The van der Waals surface area contributed by atoms with Gasteiger partial charge in [0.1, 0.15) is 18.1 Å². The molecule has 3 aromatic rings. The Morgan fingerprint density at radius 3 is 2.41 bits per heavy atom. The quantitative estimate of drug-likeness (QED) is 0.531. The van der Waals surface area contributed by atoms with Crippen molar-refractivity contribution in [1.82, 2.24) is 29.7 Å². The van der Waals surface area contributed by atoms with Crippen molar-refractivity contribution in [3.05, 3.63) is 78.4 Å². The molecule has 4 heterocycles. The summed E-state index contributed by atoms with van der Waals surface area (Å²) in [6.45, 7) is 2.67. The van der Waals surface area contributed by atoms with E-state index in [2.05, 4.69) is 26.0 Å². The lowest BCUT2D eigenvalue weighted by Crippen LogP contribution is -2.50. The summed E-state index contributed by atoms with van der Waals surface area (Å²) in [7, 11) is 0. The molecule has 2 amide bonds. The highest BCUT2D eigenvalue weighted by Gasteiger charge is 2.39. The number of piperidine rings is 1. The molecule has 9 heteroatoms. The Morgan fingerprint density at radius 1 is 0.811 bits per heavy atom. The molecule has 1 saturated heterocycles. The van der Waals surface area contributed by atoms with Crippen LogP contribution in [0.15, 0.2) is 61.3 Å². The number of hydrogen-bond acceptors (Lipinski definition) is 7. The van der Waals surface area contributed by atoms with E-state index in [0.717, 1.165) is 44.3 Å². The summed E-state index contributed by atoms with van der Waals surface area (Å²) in [5.41, 5.74) is 1.44. The van der Waals surface area contributed by atoms with Crippen LogP contribution >= 0.6 is 0 Å². The van der Waals surface area contributed by atoms with Gasteiger partial charge in [-0.1, -0.05) is 24.6 Å². The fourth-order valence-electron chi connectivity index (χ4n) is 5.38. The minimum atomic E-state index is -0.141. The van der Waals surface area contributed by atoms with Crippen LogP contribution in [0.2, 0.25) is 0 Å². The Morgan fingerprint density at radius 2 is 1.62 bits per heavy atom. The molecule has 1 spiro atoms. The molecular formula is C28H32N6O3. The predicted octanol–water partition coefficient (Wildman–Crippen LogP) is 3.44. The number of ether oxygens (including phenoxy) is 1. The molecule has 0 N–H and O–H groups in total. The van der Waals surface area contributed by atoms with Crippen LogP contribution in [-0.4, -0.2) is 74.3 Å². The molecule has 1 aromatic carbocycles. The van der Waals surface area contributed by atoms with E-state index in [4.69, 9.17) is 4.74 Å². The molecule has 0 aliphatic carbocycles. The van der Waals surface area contributed by atoms with Gasteiger partial charge in [-0.2, -0.15) is 0 Å². The van der Waals surface area contributed by atoms with E-state index in [0.29, 0.717) is 38.5 Å². The summed E-state index contributed by atoms with van der Waals surface area (Å²) >= 11 is 0. The first-order chi connectivity index (χ1) is 18.1. The third-order valence-corrected chi connectivity index (χ3v) is 7.46.